The van der Waals surface area contributed by atoms with Gasteiger partial charge in [-0.3, -0.25) is 4.79 Å². The first-order valence-corrected chi connectivity index (χ1v) is 6.57. The second-order valence-corrected chi connectivity index (χ2v) is 5.24. The molecular weight excluding hydrogens is 226 g/mol. The Balaban J connectivity index is 2.12. The minimum absolute atomic E-state index is 0.00218. The van der Waals surface area contributed by atoms with Gasteiger partial charge < -0.3 is 9.64 Å². The zero-order chi connectivity index (χ0) is 13.1. The number of nitrogens with zero attached hydrogens (tertiary/aromatic N) is 1. The molecule has 98 valence electrons. The molecule has 1 amide bonds. The zero-order valence-electron chi connectivity index (χ0n) is 11.3. The van der Waals surface area contributed by atoms with Crippen molar-refractivity contribution in [2.24, 2.45) is 5.92 Å². The predicted octanol–water partition coefficient (Wildman–Crippen LogP) is 2.63. The Kier molecular flexibility index (Phi) is 4.02. The Morgan fingerprint density at radius 1 is 1.28 bits per heavy atom. The van der Waals surface area contributed by atoms with Crippen molar-refractivity contribution in [3.05, 3.63) is 35.9 Å². The van der Waals surface area contributed by atoms with Gasteiger partial charge in [0.05, 0.1) is 12.6 Å². The first-order valence-electron chi connectivity index (χ1n) is 6.57. The number of amides is 1. The van der Waals surface area contributed by atoms with Crippen molar-refractivity contribution >= 4 is 5.91 Å². The summed E-state index contributed by atoms with van der Waals surface area (Å²) in [5.74, 6) is 0.262. The van der Waals surface area contributed by atoms with Gasteiger partial charge in [0.15, 0.2) is 0 Å². The van der Waals surface area contributed by atoms with Crippen LogP contribution in [0.5, 0.6) is 0 Å². The van der Waals surface area contributed by atoms with E-state index in [4.69, 9.17) is 4.74 Å². The molecule has 2 atom stereocenters. The maximum atomic E-state index is 12.1. The van der Waals surface area contributed by atoms with Crippen LogP contribution in [-0.2, 0) is 9.53 Å². The van der Waals surface area contributed by atoms with Crippen molar-refractivity contribution < 1.29 is 9.53 Å². The predicted molar refractivity (Wildman–Crippen MR) is 71.1 cm³/mol. The Hall–Kier alpha value is -1.35. The number of carbonyl (C=O) groups is 1. The molecule has 1 aliphatic heterocycles. The summed E-state index contributed by atoms with van der Waals surface area (Å²) in [5.41, 5.74) is 1.14. The summed E-state index contributed by atoms with van der Waals surface area (Å²) in [5, 5.41) is 0. The van der Waals surface area contributed by atoms with Crippen LogP contribution in [0.4, 0.5) is 0 Å². The minimum atomic E-state index is -0.00218. The molecule has 1 aromatic carbocycles. The van der Waals surface area contributed by atoms with Crippen LogP contribution in [-0.4, -0.2) is 30.0 Å². The highest BCUT2D eigenvalue weighted by molar-refractivity contribution is 5.78. The minimum Gasteiger partial charge on any atom is -0.367 e. The van der Waals surface area contributed by atoms with Gasteiger partial charge in [-0.1, -0.05) is 44.2 Å². The van der Waals surface area contributed by atoms with Gasteiger partial charge in [0.1, 0.15) is 6.10 Å². The molecule has 3 nitrogen and oxygen atoms in total. The highest BCUT2D eigenvalue weighted by Crippen LogP contribution is 2.25. The number of hydrogen-bond donors (Lipinski definition) is 0. The van der Waals surface area contributed by atoms with Crippen LogP contribution in [0.2, 0.25) is 0 Å². The third kappa shape index (κ3) is 2.91. The molecule has 3 heteroatoms. The molecular formula is C15H21NO2. The zero-order valence-corrected chi connectivity index (χ0v) is 11.3. The Labute approximate surface area is 109 Å². The van der Waals surface area contributed by atoms with E-state index in [9.17, 15) is 4.79 Å². The Bertz CT molecular complexity index is 402. The molecule has 18 heavy (non-hydrogen) atoms. The number of carbonyl (C=O) groups excluding carboxylic acids is 1. The summed E-state index contributed by atoms with van der Waals surface area (Å²) in [7, 11) is 0. The second kappa shape index (κ2) is 5.53. The van der Waals surface area contributed by atoms with Gasteiger partial charge in [-0.2, -0.15) is 0 Å². The SMILES string of the molecule is CC1CN(C(=O)C(C)C)CC(c2ccccc2)O1. The summed E-state index contributed by atoms with van der Waals surface area (Å²) in [6.07, 6.45) is 0.0873. The molecule has 0 saturated carbocycles. The third-order valence-electron chi connectivity index (χ3n) is 3.24. The van der Waals surface area contributed by atoms with E-state index in [2.05, 4.69) is 12.1 Å². The lowest BCUT2D eigenvalue weighted by Gasteiger charge is -2.37. The van der Waals surface area contributed by atoms with Crippen LogP contribution in [0.3, 0.4) is 0 Å². The lowest BCUT2D eigenvalue weighted by molar-refractivity contribution is -0.148. The van der Waals surface area contributed by atoms with Gasteiger partial charge >= 0.3 is 0 Å². The smallest absolute Gasteiger partial charge is 0.225 e. The maximum Gasteiger partial charge on any atom is 0.225 e. The quantitative estimate of drug-likeness (QED) is 0.804. The normalized spacial score (nSPS) is 24.3. The van der Waals surface area contributed by atoms with Gasteiger partial charge in [0, 0.05) is 12.5 Å². The number of hydrogen-bond acceptors (Lipinski definition) is 2. The lowest BCUT2D eigenvalue weighted by Crippen LogP contribution is -2.47. The molecule has 0 radical (unpaired) electrons. The van der Waals surface area contributed by atoms with Crippen LogP contribution in [0.25, 0.3) is 0 Å². The molecule has 0 N–H and O–H groups in total. The maximum absolute atomic E-state index is 12.1. The molecule has 0 spiro atoms. The topological polar surface area (TPSA) is 29.5 Å². The van der Waals surface area contributed by atoms with Crippen molar-refractivity contribution in [2.75, 3.05) is 13.1 Å². The number of morpholine rings is 1. The molecule has 1 aliphatic rings. The molecule has 2 rings (SSSR count). The number of benzene rings is 1. The average Bonchev–Trinajstić information content (AvgIpc) is 2.38. The first kappa shape index (κ1) is 13.1. The van der Waals surface area contributed by atoms with Gasteiger partial charge in [-0.05, 0) is 12.5 Å². The highest BCUT2D eigenvalue weighted by Gasteiger charge is 2.30. The molecule has 0 aromatic heterocycles. The average molecular weight is 247 g/mol. The molecule has 1 aromatic rings. The molecule has 1 saturated heterocycles. The number of ether oxygens (including phenoxy) is 1. The first-order chi connectivity index (χ1) is 8.58. The van der Waals surface area contributed by atoms with Crippen molar-refractivity contribution in [1.82, 2.24) is 4.90 Å². The monoisotopic (exact) mass is 247 g/mol. The van der Waals surface area contributed by atoms with Crippen molar-refractivity contribution in [3.8, 4) is 0 Å². The van der Waals surface area contributed by atoms with Crippen LogP contribution >= 0.6 is 0 Å². The fraction of sp³-hybridized carbons (Fsp3) is 0.533. The van der Waals surface area contributed by atoms with E-state index in [-0.39, 0.29) is 24.0 Å². The van der Waals surface area contributed by atoms with Crippen LogP contribution < -0.4 is 0 Å². The summed E-state index contributed by atoms with van der Waals surface area (Å²) < 4.78 is 5.94. The summed E-state index contributed by atoms with van der Waals surface area (Å²) in [6.45, 7) is 7.27. The summed E-state index contributed by atoms with van der Waals surface area (Å²) in [6, 6.07) is 10.1. The highest BCUT2D eigenvalue weighted by atomic mass is 16.5. The molecule has 0 bridgehead atoms. The standard InChI is InChI=1S/C15H21NO2/c1-11(2)15(17)16-9-12(3)18-14(10-16)13-7-5-4-6-8-13/h4-8,11-12,14H,9-10H2,1-3H3. The molecule has 1 fully saturated rings. The lowest BCUT2D eigenvalue weighted by atomic mass is 10.1. The van der Waals surface area contributed by atoms with E-state index >= 15 is 0 Å². The van der Waals surface area contributed by atoms with E-state index < -0.39 is 0 Å². The van der Waals surface area contributed by atoms with Crippen LogP contribution in [0, 0.1) is 5.92 Å². The molecule has 1 heterocycles. The van der Waals surface area contributed by atoms with Crippen molar-refractivity contribution in [3.63, 3.8) is 0 Å². The second-order valence-electron chi connectivity index (χ2n) is 5.24. The molecule has 2 unspecified atom stereocenters. The largest absolute Gasteiger partial charge is 0.367 e. The summed E-state index contributed by atoms with van der Waals surface area (Å²) >= 11 is 0. The van der Waals surface area contributed by atoms with Crippen molar-refractivity contribution in [2.45, 2.75) is 33.0 Å². The van der Waals surface area contributed by atoms with Gasteiger partial charge in [0.2, 0.25) is 5.91 Å². The van der Waals surface area contributed by atoms with Gasteiger partial charge in [-0.15, -0.1) is 0 Å². The number of rotatable bonds is 2. The summed E-state index contributed by atoms with van der Waals surface area (Å²) in [4.78, 5) is 14.0. The fourth-order valence-corrected chi connectivity index (χ4v) is 2.35. The van der Waals surface area contributed by atoms with E-state index in [0.717, 1.165) is 5.56 Å². The van der Waals surface area contributed by atoms with Crippen LogP contribution in [0.1, 0.15) is 32.4 Å². The van der Waals surface area contributed by atoms with Gasteiger partial charge in [0.25, 0.3) is 0 Å². The van der Waals surface area contributed by atoms with E-state index in [1.165, 1.54) is 0 Å². The van der Waals surface area contributed by atoms with E-state index in [0.29, 0.717) is 13.1 Å². The van der Waals surface area contributed by atoms with Crippen molar-refractivity contribution in [1.29, 1.82) is 0 Å². The Morgan fingerprint density at radius 2 is 1.94 bits per heavy atom. The fourth-order valence-electron chi connectivity index (χ4n) is 2.35. The van der Waals surface area contributed by atoms with Gasteiger partial charge in [-0.25, -0.2) is 0 Å². The molecule has 0 aliphatic carbocycles. The van der Waals surface area contributed by atoms with E-state index in [1.807, 2.05) is 43.9 Å². The Morgan fingerprint density at radius 3 is 2.56 bits per heavy atom. The van der Waals surface area contributed by atoms with Crippen LogP contribution in [0.15, 0.2) is 30.3 Å². The third-order valence-corrected chi connectivity index (χ3v) is 3.24. The van der Waals surface area contributed by atoms with E-state index in [1.54, 1.807) is 0 Å².